The average molecular weight is 209 g/mol. The quantitative estimate of drug-likeness (QED) is 0.521. The van der Waals surface area contributed by atoms with E-state index in [1.807, 2.05) is 0 Å². The second kappa shape index (κ2) is 5.64. The Hall–Kier alpha value is -2.04. The van der Waals surface area contributed by atoms with Crippen LogP contribution in [0.25, 0.3) is 0 Å². The normalized spacial score (nSPS) is 9.13. The van der Waals surface area contributed by atoms with Gasteiger partial charge in [0.05, 0.1) is 5.69 Å². The molecule has 1 rings (SSSR count). The van der Waals surface area contributed by atoms with Crippen molar-refractivity contribution in [2.24, 2.45) is 0 Å². The van der Waals surface area contributed by atoms with Crippen LogP contribution < -0.4 is 16.2 Å². The summed E-state index contributed by atoms with van der Waals surface area (Å²) in [5, 5.41) is 2.47. The first-order valence-electron chi connectivity index (χ1n) is 4.39. The zero-order valence-electron chi connectivity index (χ0n) is 8.09. The highest BCUT2D eigenvalue weighted by Crippen LogP contribution is 2.10. The van der Waals surface area contributed by atoms with E-state index in [9.17, 15) is 9.18 Å². The van der Waals surface area contributed by atoms with Gasteiger partial charge in [0, 0.05) is 6.54 Å². The van der Waals surface area contributed by atoms with Crippen LogP contribution in [0.5, 0.6) is 0 Å². The molecule has 4 nitrogen and oxygen atoms in total. The molecule has 0 saturated heterocycles. The zero-order valence-corrected chi connectivity index (χ0v) is 8.09. The number of rotatable bonds is 4. The van der Waals surface area contributed by atoms with Crippen LogP contribution in [0.3, 0.4) is 0 Å². The lowest BCUT2D eigenvalue weighted by Crippen LogP contribution is -2.39. The van der Waals surface area contributed by atoms with E-state index in [1.165, 1.54) is 12.1 Å². The van der Waals surface area contributed by atoms with E-state index in [0.29, 0.717) is 6.54 Å². The number of hydrazine groups is 1. The average Bonchev–Trinajstić information content (AvgIpc) is 2.25. The summed E-state index contributed by atoms with van der Waals surface area (Å²) in [6.07, 6.45) is 1.54. The summed E-state index contributed by atoms with van der Waals surface area (Å²) in [5.41, 5.74) is 4.95. The lowest BCUT2D eigenvalue weighted by atomic mass is 10.3. The number of hydrogen-bond acceptors (Lipinski definition) is 2. The number of anilines is 1. The number of hydrogen-bond donors (Lipinski definition) is 3. The maximum Gasteiger partial charge on any atom is 0.333 e. The van der Waals surface area contributed by atoms with Crippen LogP contribution in [0.2, 0.25) is 0 Å². The number of halogens is 1. The summed E-state index contributed by atoms with van der Waals surface area (Å²) < 4.78 is 13.0. The van der Waals surface area contributed by atoms with Crippen molar-refractivity contribution in [3.8, 4) is 0 Å². The van der Waals surface area contributed by atoms with E-state index in [-0.39, 0.29) is 5.69 Å². The fourth-order valence-electron chi connectivity index (χ4n) is 0.896. The first-order valence-corrected chi connectivity index (χ1v) is 4.39. The summed E-state index contributed by atoms with van der Waals surface area (Å²) in [4.78, 5) is 11.0. The van der Waals surface area contributed by atoms with Crippen LogP contribution in [-0.4, -0.2) is 12.6 Å². The largest absolute Gasteiger partial charge is 0.333 e. The Morgan fingerprint density at radius 2 is 2.20 bits per heavy atom. The second-order valence-corrected chi connectivity index (χ2v) is 2.73. The van der Waals surface area contributed by atoms with Gasteiger partial charge in [-0.2, -0.15) is 0 Å². The van der Waals surface area contributed by atoms with E-state index in [1.54, 1.807) is 18.2 Å². The molecule has 0 aliphatic rings. The van der Waals surface area contributed by atoms with Gasteiger partial charge in [-0.1, -0.05) is 18.2 Å². The van der Waals surface area contributed by atoms with Crippen LogP contribution in [0.1, 0.15) is 0 Å². The fraction of sp³-hybridized carbons (Fsp3) is 0.100. The molecule has 3 N–H and O–H groups in total. The standard InChI is InChI=1S/C10H12FN3O/c1-2-7-12-10(15)14-13-9-6-4-3-5-8(9)11/h2-6,13H,1,7H2,(H2,12,14,15). The number of para-hydroxylation sites is 1. The van der Waals surface area contributed by atoms with E-state index < -0.39 is 11.8 Å². The lowest BCUT2D eigenvalue weighted by Gasteiger charge is -2.09. The molecule has 1 aromatic rings. The molecule has 2 amide bonds. The summed E-state index contributed by atoms with van der Waals surface area (Å²) >= 11 is 0. The fourth-order valence-corrected chi connectivity index (χ4v) is 0.896. The van der Waals surface area contributed by atoms with Gasteiger partial charge in [0.1, 0.15) is 5.82 Å². The third-order valence-corrected chi connectivity index (χ3v) is 1.59. The van der Waals surface area contributed by atoms with Gasteiger partial charge in [-0.15, -0.1) is 6.58 Å². The number of amides is 2. The molecule has 0 bridgehead atoms. The summed E-state index contributed by atoms with van der Waals surface area (Å²) in [6.45, 7) is 3.79. The highest BCUT2D eigenvalue weighted by molar-refractivity contribution is 5.75. The summed E-state index contributed by atoms with van der Waals surface area (Å²) in [5.74, 6) is -0.429. The molecule has 0 radical (unpaired) electrons. The molecule has 1 aromatic carbocycles. The Morgan fingerprint density at radius 1 is 1.47 bits per heavy atom. The molecule has 0 atom stereocenters. The molecule has 0 unspecified atom stereocenters. The Bertz CT molecular complexity index is 354. The van der Waals surface area contributed by atoms with E-state index in [2.05, 4.69) is 22.7 Å². The van der Waals surface area contributed by atoms with Crippen molar-refractivity contribution in [1.82, 2.24) is 10.7 Å². The zero-order chi connectivity index (χ0) is 11.1. The van der Waals surface area contributed by atoms with Gasteiger partial charge >= 0.3 is 6.03 Å². The molecule has 15 heavy (non-hydrogen) atoms. The van der Waals surface area contributed by atoms with Crippen LogP contribution >= 0.6 is 0 Å². The van der Waals surface area contributed by atoms with Gasteiger partial charge in [0.25, 0.3) is 0 Å². The minimum atomic E-state index is -0.446. The second-order valence-electron chi connectivity index (χ2n) is 2.73. The molecule has 80 valence electrons. The number of urea groups is 1. The van der Waals surface area contributed by atoms with Crippen molar-refractivity contribution < 1.29 is 9.18 Å². The molecule has 0 aliphatic carbocycles. The first-order chi connectivity index (χ1) is 7.24. The molecular weight excluding hydrogens is 197 g/mol. The molecule has 0 aliphatic heterocycles. The van der Waals surface area contributed by atoms with Gasteiger partial charge < -0.3 is 5.32 Å². The Morgan fingerprint density at radius 3 is 2.87 bits per heavy atom. The summed E-state index contributed by atoms with van der Waals surface area (Å²) in [7, 11) is 0. The van der Waals surface area contributed by atoms with E-state index in [4.69, 9.17) is 0 Å². The van der Waals surface area contributed by atoms with Gasteiger partial charge in [0.2, 0.25) is 0 Å². The Labute approximate surface area is 87.1 Å². The Kier molecular flexibility index (Phi) is 4.15. The predicted molar refractivity (Wildman–Crippen MR) is 56.8 cm³/mol. The highest BCUT2D eigenvalue weighted by atomic mass is 19.1. The topological polar surface area (TPSA) is 53.2 Å². The number of carbonyl (C=O) groups is 1. The number of nitrogens with one attached hydrogen (secondary N) is 3. The monoisotopic (exact) mass is 209 g/mol. The smallest absolute Gasteiger partial charge is 0.333 e. The van der Waals surface area contributed by atoms with Crippen LogP contribution in [-0.2, 0) is 0 Å². The maximum atomic E-state index is 13.0. The van der Waals surface area contributed by atoms with E-state index in [0.717, 1.165) is 0 Å². The van der Waals surface area contributed by atoms with Gasteiger partial charge in [-0.25, -0.2) is 9.18 Å². The molecule has 0 heterocycles. The van der Waals surface area contributed by atoms with Crippen LogP contribution in [0.15, 0.2) is 36.9 Å². The number of benzene rings is 1. The maximum absolute atomic E-state index is 13.0. The third-order valence-electron chi connectivity index (χ3n) is 1.59. The molecule has 0 fully saturated rings. The van der Waals surface area contributed by atoms with E-state index >= 15 is 0 Å². The summed E-state index contributed by atoms with van der Waals surface area (Å²) in [6, 6.07) is 5.60. The van der Waals surface area contributed by atoms with Gasteiger partial charge in [-0.05, 0) is 12.1 Å². The molecule has 0 saturated carbocycles. The van der Waals surface area contributed by atoms with Crippen LogP contribution in [0.4, 0.5) is 14.9 Å². The highest BCUT2D eigenvalue weighted by Gasteiger charge is 2.01. The molecular formula is C10H12FN3O. The van der Waals surface area contributed by atoms with Crippen molar-refractivity contribution >= 4 is 11.7 Å². The van der Waals surface area contributed by atoms with Crippen molar-refractivity contribution in [1.29, 1.82) is 0 Å². The SMILES string of the molecule is C=CCNC(=O)NNc1ccccc1F. The van der Waals surface area contributed by atoms with Crippen molar-refractivity contribution in [3.05, 3.63) is 42.7 Å². The lowest BCUT2D eigenvalue weighted by molar-refractivity contribution is 0.244. The first kappa shape index (κ1) is 11.0. The predicted octanol–water partition coefficient (Wildman–Crippen LogP) is 1.64. The minimum absolute atomic E-state index is 0.214. The molecule has 5 heteroatoms. The molecule has 0 spiro atoms. The molecule has 0 aromatic heterocycles. The van der Waals surface area contributed by atoms with Crippen molar-refractivity contribution in [2.75, 3.05) is 12.0 Å². The van der Waals surface area contributed by atoms with Crippen molar-refractivity contribution in [2.45, 2.75) is 0 Å². The number of carbonyl (C=O) groups excluding carboxylic acids is 1. The minimum Gasteiger partial charge on any atom is -0.333 e. The van der Waals surface area contributed by atoms with Gasteiger partial charge in [0.15, 0.2) is 0 Å². The van der Waals surface area contributed by atoms with Crippen molar-refractivity contribution in [3.63, 3.8) is 0 Å². The third kappa shape index (κ3) is 3.68. The Balaban J connectivity index is 2.40. The van der Waals surface area contributed by atoms with Crippen LogP contribution in [0, 0.1) is 5.82 Å². The van der Waals surface area contributed by atoms with Gasteiger partial charge in [-0.3, -0.25) is 10.9 Å².